The van der Waals surface area contributed by atoms with Crippen LogP contribution >= 0.6 is 11.6 Å². The maximum absolute atomic E-state index is 11.9. The second kappa shape index (κ2) is 22.6. The van der Waals surface area contributed by atoms with E-state index in [0.29, 0.717) is 11.4 Å². The molecule has 0 spiro atoms. The Morgan fingerprint density at radius 3 is 1.89 bits per heavy atom. The summed E-state index contributed by atoms with van der Waals surface area (Å²) in [5, 5.41) is 20.5. The van der Waals surface area contributed by atoms with Crippen molar-refractivity contribution in [2.75, 3.05) is 14.2 Å². The van der Waals surface area contributed by atoms with Gasteiger partial charge in [0.25, 0.3) is 5.69 Å². The van der Waals surface area contributed by atoms with Gasteiger partial charge in [-0.25, -0.2) is 9.59 Å². The smallest absolute Gasteiger partial charge is 0.338 e. The Hall–Kier alpha value is -3.92. The molecule has 0 fully saturated rings. The first-order valence-corrected chi connectivity index (χ1v) is 15.7. The number of methoxy groups -OCH3 is 2. The maximum atomic E-state index is 11.9. The predicted octanol–water partition coefficient (Wildman–Crippen LogP) is 9.13. The van der Waals surface area contributed by atoms with Gasteiger partial charge in [0.1, 0.15) is 0 Å². The molecule has 0 aliphatic heterocycles. The summed E-state index contributed by atoms with van der Waals surface area (Å²) in [5.74, 6) is -1.91. The van der Waals surface area contributed by atoms with Crippen LogP contribution in [-0.4, -0.2) is 42.2 Å². The number of carboxylic acid groups (broad SMARTS) is 1. The zero-order chi connectivity index (χ0) is 33.6. The number of hydrogen-bond donors (Lipinski definition) is 1. The van der Waals surface area contributed by atoms with E-state index >= 15 is 0 Å². The van der Waals surface area contributed by atoms with E-state index in [-0.39, 0.29) is 34.7 Å². The molecule has 0 aliphatic carbocycles. The minimum Gasteiger partial charge on any atom is -0.493 e. The third kappa shape index (κ3) is 16.1. The molecule has 0 aromatic heterocycles. The molecule has 0 saturated heterocycles. The highest BCUT2D eigenvalue weighted by atomic mass is 35.5. The summed E-state index contributed by atoms with van der Waals surface area (Å²) in [6, 6.07) is 7.21. The van der Waals surface area contributed by atoms with Crippen molar-refractivity contribution < 1.29 is 38.6 Å². The molecule has 0 unspecified atom stereocenters. The monoisotopic (exact) mass is 647 g/mol. The molecule has 0 aliphatic rings. The number of nitrogens with zero attached hydrogens (tertiary/aromatic N) is 1. The van der Waals surface area contributed by atoms with Crippen LogP contribution in [0.5, 0.6) is 11.5 Å². The normalized spacial score (nSPS) is 10.6. The van der Waals surface area contributed by atoms with Gasteiger partial charge in [-0.2, -0.15) is 0 Å². The molecule has 0 radical (unpaired) electrons. The molecule has 0 amide bonds. The Balaban J connectivity index is 0.000000768. The largest absolute Gasteiger partial charge is 0.493 e. The van der Waals surface area contributed by atoms with Crippen LogP contribution < -0.4 is 9.47 Å². The number of aromatic carboxylic acids is 1. The summed E-state index contributed by atoms with van der Waals surface area (Å²) in [6.07, 6.45) is 16.7. The first kappa shape index (κ1) is 39.1. The molecule has 248 valence electrons. The highest BCUT2D eigenvalue weighted by molar-refractivity contribution is 6.31. The number of carbonyl (C=O) groups is 3. The van der Waals surface area contributed by atoms with Gasteiger partial charge in [-0.1, -0.05) is 89.2 Å². The number of carbonyl (C=O) groups excluding carboxylic acids is 2. The number of esters is 2. The van der Waals surface area contributed by atoms with Crippen LogP contribution in [0.4, 0.5) is 5.69 Å². The lowest BCUT2D eigenvalue weighted by molar-refractivity contribution is -0.385. The third-order valence-corrected chi connectivity index (χ3v) is 7.41. The van der Waals surface area contributed by atoms with Crippen molar-refractivity contribution >= 4 is 41.3 Å². The predicted molar refractivity (Wildman–Crippen MR) is 175 cm³/mol. The molecule has 2 rings (SSSR count). The van der Waals surface area contributed by atoms with Gasteiger partial charge in [-0.05, 0) is 49.2 Å². The number of aryl methyl sites for hydroxylation is 1. The van der Waals surface area contributed by atoms with Crippen LogP contribution in [0, 0.1) is 17.0 Å². The fraction of sp³-hybridized carbons (Fsp3) is 0.500. The number of ether oxygens (including phenoxy) is 3. The van der Waals surface area contributed by atoms with E-state index in [2.05, 4.69) is 6.92 Å². The molecular formula is C34H46ClNO9. The molecule has 0 bridgehead atoms. The molecule has 2 aromatic rings. The van der Waals surface area contributed by atoms with E-state index in [1.165, 1.54) is 89.9 Å². The SMILES string of the molecule is CCCCCCCCCCCCCCC(=O)OC(=O)C=Cc1cc(OC)c(OC)cc1[N+](=O)[O-].Cc1cc(C(=O)O)ccc1Cl. The van der Waals surface area contributed by atoms with E-state index in [9.17, 15) is 24.5 Å². The number of hydrogen-bond acceptors (Lipinski definition) is 8. The van der Waals surface area contributed by atoms with Crippen LogP contribution in [0.25, 0.3) is 6.08 Å². The molecule has 0 heterocycles. The number of rotatable bonds is 19. The molecule has 10 nitrogen and oxygen atoms in total. The highest BCUT2D eigenvalue weighted by Gasteiger charge is 2.18. The van der Waals surface area contributed by atoms with E-state index < -0.39 is 22.8 Å². The van der Waals surface area contributed by atoms with Crippen LogP contribution in [0.2, 0.25) is 5.02 Å². The van der Waals surface area contributed by atoms with Gasteiger partial charge < -0.3 is 19.3 Å². The average Bonchev–Trinajstić information content (AvgIpc) is 3.01. The van der Waals surface area contributed by atoms with Crippen molar-refractivity contribution in [2.45, 2.75) is 97.3 Å². The van der Waals surface area contributed by atoms with Crippen molar-refractivity contribution in [1.29, 1.82) is 0 Å². The Kier molecular flexibility index (Phi) is 19.6. The lowest BCUT2D eigenvalue weighted by Crippen LogP contribution is -2.09. The summed E-state index contributed by atoms with van der Waals surface area (Å²) in [5.41, 5.74) is 0.927. The van der Waals surface area contributed by atoms with Crippen molar-refractivity contribution in [3.63, 3.8) is 0 Å². The van der Waals surface area contributed by atoms with Gasteiger partial charge in [0.15, 0.2) is 11.5 Å². The number of nitro groups is 1. The standard InChI is InChI=1S/C26H39NO7.C8H7ClO2/c1-4-5-6-7-8-9-10-11-12-13-14-15-16-25(28)34-26(29)18-17-21-19-23(32-2)24(33-3)20-22(21)27(30)31;1-5-4-6(8(10)11)2-3-7(5)9/h17-20H,4-16H2,1-3H3;2-4H,1H3,(H,10,11). The lowest BCUT2D eigenvalue weighted by atomic mass is 10.0. The summed E-state index contributed by atoms with van der Waals surface area (Å²) >= 11 is 5.69. The minimum absolute atomic E-state index is 0.132. The number of carboxylic acids is 1. The number of halogens is 1. The molecule has 1 N–H and O–H groups in total. The van der Waals surface area contributed by atoms with Gasteiger partial charge in [-0.15, -0.1) is 0 Å². The maximum Gasteiger partial charge on any atom is 0.338 e. The fourth-order valence-electron chi connectivity index (χ4n) is 4.42. The van der Waals surface area contributed by atoms with Crippen molar-refractivity contribution in [3.8, 4) is 11.5 Å². The Labute approximate surface area is 270 Å². The Morgan fingerprint density at radius 2 is 1.40 bits per heavy atom. The van der Waals surface area contributed by atoms with Crippen LogP contribution in [0.3, 0.4) is 0 Å². The highest BCUT2D eigenvalue weighted by Crippen LogP contribution is 2.35. The zero-order valence-electron chi connectivity index (χ0n) is 26.8. The average molecular weight is 648 g/mol. The number of nitro benzene ring substituents is 1. The van der Waals surface area contributed by atoms with Crippen LogP contribution in [-0.2, 0) is 14.3 Å². The molecule has 0 saturated carbocycles. The van der Waals surface area contributed by atoms with Crippen molar-refractivity contribution in [1.82, 2.24) is 0 Å². The molecule has 11 heteroatoms. The lowest BCUT2D eigenvalue weighted by Gasteiger charge is -2.08. The Morgan fingerprint density at radius 1 is 0.867 bits per heavy atom. The second-order valence-electron chi connectivity index (χ2n) is 10.6. The van der Waals surface area contributed by atoms with Gasteiger partial charge in [0.05, 0.1) is 36.3 Å². The minimum atomic E-state index is -0.926. The third-order valence-electron chi connectivity index (χ3n) is 6.98. The zero-order valence-corrected chi connectivity index (χ0v) is 27.5. The number of unbranched alkanes of at least 4 members (excludes halogenated alkanes) is 11. The van der Waals surface area contributed by atoms with Crippen LogP contribution in [0.1, 0.15) is 112 Å². The number of benzene rings is 2. The molecule has 2 aromatic carbocycles. The quantitative estimate of drug-likeness (QED) is 0.0394. The topological polar surface area (TPSA) is 142 Å². The Bertz CT molecular complexity index is 1280. The van der Waals surface area contributed by atoms with Gasteiger partial charge in [-0.3, -0.25) is 14.9 Å². The summed E-state index contributed by atoms with van der Waals surface area (Å²) < 4.78 is 15.0. The second-order valence-corrected chi connectivity index (χ2v) is 11.0. The first-order valence-electron chi connectivity index (χ1n) is 15.4. The summed E-state index contributed by atoms with van der Waals surface area (Å²) in [7, 11) is 2.77. The summed E-state index contributed by atoms with van der Waals surface area (Å²) in [6.45, 7) is 4.00. The fourth-order valence-corrected chi connectivity index (χ4v) is 4.54. The summed E-state index contributed by atoms with van der Waals surface area (Å²) in [4.78, 5) is 45.0. The van der Waals surface area contributed by atoms with Crippen molar-refractivity contribution in [2.24, 2.45) is 0 Å². The van der Waals surface area contributed by atoms with E-state index in [1.54, 1.807) is 19.1 Å². The van der Waals surface area contributed by atoms with E-state index in [1.807, 2.05) is 0 Å². The van der Waals surface area contributed by atoms with Crippen LogP contribution in [0.15, 0.2) is 36.4 Å². The molecular weight excluding hydrogens is 602 g/mol. The first-order chi connectivity index (χ1) is 21.5. The van der Waals surface area contributed by atoms with Gasteiger partial charge in [0, 0.05) is 17.5 Å². The van der Waals surface area contributed by atoms with Gasteiger partial charge >= 0.3 is 17.9 Å². The van der Waals surface area contributed by atoms with E-state index in [0.717, 1.165) is 30.9 Å². The van der Waals surface area contributed by atoms with Gasteiger partial charge in [0.2, 0.25) is 0 Å². The molecule has 0 atom stereocenters. The molecule has 45 heavy (non-hydrogen) atoms. The van der Waals surface area contributed by atoms with E-state index in [4.69, 9.17) is 30.9 Å². The van der Waals surface area contributed by atoms with Crippen molar-refractivity contribution in [3.05, 3.63) is 68.2 Å².